The summed E-state index contributed by atoms with van der Waals surface area (Å²) in [6.07, 6.45) is 9.03. The molecule has 4 nitrogen and oxygen atoms in total. The Morgan fingerprint density at radius 2 is 1.20 bits per heavy atom. The topological polar surface area (TPSA) is 52.6 Å². The van der Waals surface area contributed by atoms with E-state index in [1.807, 2.05) is 58.0 Å². The second-order valence-corrected chi connectivity index (χ2v) is 15.3. The monoisotopic (exact) mass is 658 g/mol. The number of carbonyl (C=O) groups is 2. The van der Waals surface area contributed by atoms with Gasteiger partial charge in [-0.15, -0.1) is 0 Å². The number of rotatable bonds is 11. The Labute approximate surface area is 294 Å². The molecule has 1 aliphatic carbocycles. The number of aryl methyl sites for hydroxylation is 2. The molecule has 5 rings (SSSR count). The first-order valence-electron chi connectivity index (χ1n) is 18.2. The molecule has 0 amide bonds. The lowest BCUT2D eigenvalue weighted by Crippen LogP contribution is -2.31. The van der Waals surface area contributed by atoms with E-state index in [9.17, 15) is 9.59 Å². The fourth-order valence-corrected chi connectivity index (χ4v) is 7.58. The second-order valence-electron chi connectivity index (χ2n) is 15.3. The minimum absolute atomic E-state index is 0.0375. The van der Waals surface area contributed by atoms with Gasteiger partial charge in [-0.25, -0.2) is 9.59 Å². The van der Waals surface area contributed by atoms with Crippen LogP contribution in [0.15, 0.2) is 84.9 Å². The van der Waals surface area contributed by atoms with Gasteiger partial charge in [0.2, 0.25) is 0 Å². The van der Waals surface area contributed by atoms with Crippen LogP contribution in [0.25, 0.3) is 11.1 Å². The summed E-state index contributed by atoms with van der Waals surface area (Å²) in [4.78, 5) is 25.8. The van der Waals surface area contributed by atoms with Crippen molar-refractivity contribution in [2.75, 3.05) is 0 Å². The van der Waals surface area contributed by atoms with E-state index in [-0.39, 0.29) is 22.8 Å². The minimum Gasteiger partial charge on any atom is -0.456 e. The first kappa shape index (κ1) is 36.1. The molecule has 0 atom stereocenters. The summed E-state index contributed by atoms with van der Waals surface area (Å²) in [6, 6.07) is 28.4. The van der Waals surface area contributed by atoms with Crippen LogP contribution < -0.4 is 4.74 Å². The lowest BCUT2D eigenvalue weighted by molar-refractivity contribution is -0.00245. The van der Waals surface area contributed by atoms with Gasteiger partial charge in [0, 0.05) is 5.41 Å². The molecule has 1 aliphatic rings. The van der Waals surface area contributed by atoms with Crippen molar-refractivity contribution in [2.45, 2.75) is 123 Å². The third-order valence-electron chi connectivity index (χ3n) is 10.8. The normalized spacial score (nSPS) is 14.7. The van der Waals surface area contributed by atoms with Crippen molar-refractivity contribution in [3.8, 4) is 16.9 Å². The minimum atomic E-state index is -0.504. The van der Waals surface area contributed by atoms with E-state index in [2.05, 4.69) is 58.0 Å². The summed E-state index contributed by atoms with van der Waals surface area (Å²) in [5.41, 5.74) is 9.01. The Morgan fingerprint density at radius 3 is 1.71 bits per heavy atom. The first-order chi connectivity index (χ1) is 23.3. The van der Waals surface area contributed by atoms with Crippen molar-refractivity contribution in [2.24, 2.45) is 0 Å². The first-order valence-corrected chi connectivity index (χ1v) is 18.2. The van der Waals surface area contributed by atoms with Crippen LogP contribution in [0.2, 0.25) is 0 Å². The van der Waals surface area contributed by atoms with Crippen LogP contribution in [0.5, 0.6) is 5.75 Å². The smallest absolute Gasteiger partial charge is 0.343 e. The molecule has 1 saturated carbocycles. The van der Waals surface area contributed by atoms with E-state index in [1.165, 1.54) is 54.4 Å². The molecule has 49 heavy (non-hydrogen) atoms. The lowest BCUT2D eigenvalue weighted by Gasteiger charge is -2.40. The van der Waals surface area contributed by atoms with Crippen molar-refractivity contribution in [3.05, 3.63) is 124 Å². The number of ether oxygens (including phenoxy) is 2. The molecule has 0 spiro atoms. The van der Waals surface area contributed by atoms with E-state index in [0.29, 0.717) is 16.9 Å². The molecular formula is C45H54O4. The van der Waals surface area contributed by atoms with Gasteiger partial charge in [0.05, 0.1) is 11.1 Å². The Balaban J connectivity index is 1.31. The van der Waals surface area contributed by atoms with Gasteiger partial charge < -0.3 is 9.47 Å². The summed E-state index contributed by atoms with van der Waals surface area (Å²) in [7, 11) is 0. The molecule has 0 radical (unpaired) electrons. The van der Waals surface area contributed by atoms with Gasteiger partial charge in [0.15, 0.2) is 0 Å². The van der Waals surface area contributed by atoms with Crippen LogP contribution in [0.3, 0.4) is 0 Å². The number of benzene rings is 4. The number of esters is 2. The highest BCUT2D eigenvalue weighted by molar-refractivity contribution is 5.92. The standard InChI is InChI=1S/C45H54O4/c1-9-26-43(5,6)39-24-22-37(29-31(39)3)45(27-12-11-13-28-45)38-23-25-40(32(4)30-38)48-41(46)35-18-14-33(15-19-35)34-16-20-36(21-17-34)42(47)49-44(7,8)10-2/h14-25,29-30H,9-13,26-28H2,1-8H3. The van der Waals surface area contributed by atoms with E-state index >= 15 is 0 Å². The number of carbonyl (C=O) groups excluding carboxylic acids is 2. The molecule has 0 unspecified atom stereocenters. The van der Waals surface area contributed by atoms with Crippen molar-refractivity contribution in [1.29, 1.82) is 0 Å². The Kier molecular flexibility index (Phi) is 10.9. The zero-order valence-corrected chi connectivity index (χ0v) is 30.9. The summed E-state index contributed by atoms with van der Waals surface area (Å²) < 4.78 is 11.6. The molecule has 0 aromatic heterocycles. The van der Waals surface area contributed by atoms with E-state index in [1.54, 1.807) is 24.3 Å². The van der Waals surface area contributed by atoms with Gasteiger partial charge in [0.25, 0.3) is 0 Å². The fraction of sp³-hybridized carbons (Fsp3) is 0.422. The average molecular weight is 659 g/mol. The zero-order chi connectivity index (χ0) is 35.4. The second kappa shape index (κ2) is 14.7. The maximum Gasteiger partial charge on any atom is 0.343 e. The quantitative estimate of drug-likeness (QED) is 0.119. The molecule has 258 valence electrons. The van der Waals surface area contributed by atoms with E-state index < -0.39 is 5.60 Å². The summed E-state index contributed by atoms with van der Waals surface area (Å²) in [6.45, 7) is 17.1. The summed E-state index contributed by atoms with van der Waals surface area (Å²) in [5, 5.41) is 0. The largest absolute Gasteiger partial charge is 0.456 e. The highest BCUT2D eigenvalue weighted by Crippen LogP contribution is 2.47. The van der Waals surface area contributed by atoms with E-state index in [0.717, 1.165) is 36.0 Å². The van der Waals surface area contributed by atoms with E-state index in [4.69, 9.17) is 9.47 Å². The Bertz CT molecular complexity index is 1770. The van der Waals surface area contributed by atoms with Crippen molar-refractivity contribution in [1.82, 2.24) is 0 Å². The van der Waals surface area contributed by atoms with Crippen molar-refractivity contribution >= 4 is 11.9 Å². The fourth-order valence-electron chi connectivity index (χ4n) is 7.58. The molecule has 4 aromatic carbocycles. The van der Waals surface area contributed by atoms with Crippen LogP contribution in [0.1, 0.15) is 141 Å². The number of hydrogen-bond donors (Lipinski definition) is 0. The summed E-state index contributed by atoms with van der Waals surface area (Å²) >= 11 is 0. The third-order valence-corrected chi connectivity index (χ3v) is 10.8. The Hall–Kier alpha value is -4.18. The Morgan fingerprint density at radius 1 is 0.673 bits per heavy atom. The maximum absolute atomic E-state index is 13.3. The zero-order valence-electron chi connectivity index (χ0n) is 30.9. The molecule has 0 bridgehead atoms. The number of hydrogen-bond acceptors (Lipinski definition) is 4. The SMILES string of the molecule is CCCC(C)(C)c1ccc(C2(c3ccc(OC(=O)c4ccc(-c5ccc(C(=O)OC(C)(C)CC)cc5)cc4)c(C)c3)CCCCC2)cc1C. The van der Waals surface area contributed by atoms with Crippen LogP contribution in [-0.2, 0) is 15.6 Å². The van der Waals surface area contributed by atoms with Crippen molar-refractivity contribution < 1.29 is 19.1 Å². The third kappa shape index (κ3) is 8.01. The van der Waals surface area contributed by atoms with Crippen LogP contribution in [0.4, 0.5) is 0 Å². The molecular weight excluding hydrogens is 604 g/mol. The maximum atomic E-state index is 13.3. The molecule has 0 aliphatic heterocycles. The highest BCUT2D eigenvalue weighted by atomic mass is 16.6. The highest BCUT2D eigenvalue weighted by Gasteiger charge is 2.37. The molecule has 0 saturated heterocycles. The predicted molar refractivity (Wildman–Crippen MR) is 201 cm³/mol. The van der Waals surface area contributed by atoms with Gasteiger partial charge >= 0.3 is 11.9 Å². The van der Waals surface area contributed by atoms with Crippen LogP contribution in [-0.4, -0.2) is 17.5 Å². The molecule has 0 heterocycles. The molecule has 4 heteroatoms. The van der Waals surface area contributed by atoms with Gasteiger partial charge in [0.1, 0.15) is 11.4 Å². The van der Waals surface area contributed by atoms with Gasteiger partial charge in [-0.1, -0.05) is 108 Å². The lowest BCUT2D eigenvalue weighted by atomic mass is 9.64. The van der Waals surface area contributed by atoms with Crippen molar-refractivity contribution in [3.63, 3.8) is 0 Å². The van der Waals surface area contributed by atoms with Gasteiger partial charge in [-0.3, -0.25) is 0 Å². The predicted octanol–water partition coefficient (Wildman–Crippen LogP) is 11.9. The van der Waals surface area contributed by atoms with Gasteiger partial charge in [-0.2, -0.15) is 0 Å². The van der Waals surface area contributed by atoms with Crippen LogP contribution >= 0.6 is 0 Å². The van der Waals surface area contributed by atoms with Gasteiger partial charge in [-0.05, 0) is 128 Å². The molecule has 1 fully saturated rings. The summed E-state index contributed by atoms with van der Waals surface area (Å²) in [5.74, 6) is -0.123. The van der Waals surface area contributed by atoms with Crippen LogP contribution in [0, 0.1) is 13.8 Å². The molecule has 0 N–H and O–H groups in total. The molecule has 4 aromatic rings. The average Bonchev–Trinajstić information content (AvgIpc) is 3.09.